The molecule has 0 aliphatic carbocycles. The Kier molecular flexibility index (Phi) is 5.36. The molecule has 0 radical (unpaired) electrons. The van der Waals surface area contributed by atoms with Gasteiger partial charge in [-0.2, -0.15) is 0 Å². The topological polar surface area (TPSA) is 28.2 Å². The van der Waals surface area contributed by atoms with Crippen LogP contribution in [0.5, 0.6) is 0 Å². The summed E-state index contributed by atoms with van der Waals surface area (Å²) in [6.45, 7) is 8.15. The summed E-state index contributed by atoms with van der Waals surface area (Å²) in [5.41, 5.74) is 2.55. The molecule has 0 fully saturated rings. The standard InChI is InChI=1S/C15H21N3S/c1-3-16-10-13-7-8-17-11-15(13)18(4-2)12-14-6-5-9-19-14/h5-9,11,16H,3-4,10,12H2,1-2H3. The molecular formula is C15H21N3S. The molecule has 0 aliphatic rings. The van der Waals surface area contributed by atoms with Gasteiger partial charge in [0.25, 0.3) is 0 Å². The fraction of sp³-hybridized carbons (Fsp3) is 0.400. The maximum absolute atomic E-state index is 4.29. The largest absolute Gasteiger partial charge is 0.365 e. The Morgan fingerprint density at radius 1 is 1.32 bits per heavy atom. The van der Waals surface area contributed by atoms with E-state index in [1.54, 1.807) is 0 Å². The molecule has 3 nitrogen and oxygen atoms in total. The van der Waals surface area contributed by atoms with E-state index in [9.17, 15) is 0 Å². The van der Waals surface area contributed by atoms with Crippen molar-refractivity contribution in [2.75, 3.05) is 18.0 Å². The van der Waals surface area contributed by atoms with E-state index in [-0.39, 0.29) is 0 Å². The number of pyridine rings is 1. The van der Waals surface area contributed by atoms with E-state index in [4.69, 9.17) is 0 Å². The Bertz CT molecular complexity index is 482. The lowest BCUT2D eigenvalue weighted by atomic mass is 10.2. The summed E-state index contributed by atoms with van der Waals surface area (Å²) in [6.07, 6.45) is 3.85. The first kappa shape index (κ1) is 14.0. The molecule has 1 N–H and O–H groups in total. The van der Waals surface area contributed by atoms with E-state index in [0.29, 0.717) is 0 Å². The molecule has 0 spiro atoms. The van der Waals surface area contributed by atoms with Crippen LogP contribution in [0, 0.1) is 0 Å². The first-order valence-corrected chi connectivity index (χ1v) is 7.64. The van der Waals surface area contributed by atoms with Gasteiger partial charge in [-0.25, -0.2) is 0 Å². The molecule has 2 aromatic rings. The van der Waals surface area contributed by atoms with Crippen molar-refractivity contribution in [1.82, 2.24) is 10.3 Å². The summed E-state index contributed by atoms with van der Waals surface area (Å²) in [6, 6.07) is 6.40. The fourth-order valence-electron chi connectivity index (χ4n) is 2.07. The van der Waals surface area contributed by atoms with Gasteiger partial charge in [0.05, 0.1) is 18.4 Å². The van der Waals surface area contributed by atoms with E-state index >= 15 is 0 Å². The Morgan fingerprint density at radius 3 is 2.89 bits per heavy atom. The van der Waals surface area contributed by atoms with Crippen LogP contribution in [0.15, 0.2) is 36.0 Å². The molecule has 0 aromatic carbocycles. The third-order valence-electron chi connectivity index (χ3n) is 3.10. The molecule has 0 saturated heterocycles. The van der Waals surface area contributed by atoms with Crippen molar-refractivity contribution in [3.63, 3.8) is 0 Å². The minimum Gasteiger partial charge on any atom is -0.365 e. The number of hydrogen-bond donors (Lipinski definition) is 1. The molecule has 0 atom stereocenters. The molecule has 0 unspecified atom stereocenters. The van der Waals surface area contributed by atoms with Crippen LogP contribution >= 0.6 is 11.3 Å². The van der Waals surface area contributed by atoms with Gasteiger partial charge in [0.15, 0.2) is 0 Å². The lowest BCUT2D eigenvalue weighted by molar-refractivity contribution is 0.718. The average Bonchev–Trinajstić information content (AvgIpc) is 2.96. The first-order valence-electron chi connectivity index (χ1n) is 6.76. The van der Waals surface area contributed by atoms with Crippen molar-refractivity contribution in [2.24, 2.45) is 0 Å². The zero-order chi connectivity index (χ0) is 13.5. The average molecular weight is 275 g/mol. The van der Waals surface area contributed by atoms with Gasteiger partial charge in [-0.05, 0) is 36.5 Å². The van der Waals surface area contributed by atoms with Gasteiger partial charge in [0, 0.05) is 24.2 Å². The molecule has 102 valence electrons. The molecule has 4 heteroatoms. The van der Waals surface area contributed by atoms with Gasteiger partial charge < -0.3 is 10.2 Å². The van der Waals surface area contributed by atoms with Crippen LogP contribution in [0.4, 0.5) is 5.69 Å². The minimum absolute atomic E-state index is 0.898. The number of hydrogen-bond acceptors (Lipinski definition) is 4. The Hall–Kier alpha value is -1.39. The summed E-state index contributed by atoms with van der Waals surface area (Å²) in [7, 11) is 0. The van der Waals surface area contributed by atoms with Crippen LogP contribution in [-0.2, 0) is 13.1 Å². The molecule has 2 heterocycles. The van der Waals surface area contributed by atoms with Crippen molar-refractivity contribution in [3.05, 3.63) is 46.4 Å². The van der Waals surface area contributed by atoms with Crippen LogP contribution < -0.4 is 10.2 Å². The summed E-state index contributed by atoms with van der Waals surface area (Å²) >= 11 is 1.81. The second kappa shape index (κ2) is 7.26. The van der Waals surface area contributed by atoms with Crippen LogP contribution in [-0.4, -0.2) is 18.1 Å². The monoisotopic (exact) mass is 275 g/mol. The second-order valence-corrected chi connectivity index (χ2v) is 5.41. The third kappa shape index (κ3) is 3.78. The number of aromatic nitrogens is 1. The van der Waals surface area contributed by atoms with Crippen LogP contribution in [0.1, 0.15) is 24.3 Å². The zero-order valence-corrected chi connectivity index (χ0v) is 12.4. The normalized spacial score (nSPS) is 10.6. The van der Waals surface area contributed by atoms with Crippen molar-refractivity contribution >= 4 is 17.0 Å². The minimum atomic E-state index is 0.898. The summed E-state index contributed by atoms with van der Waals surface area (Å²) in [4.78, 5) is 8.05. The highest BCUT2D eigenvalue weighted by molar-refractivity contribution is 7.09. The van der Waals surface area contributed by atoms with Gasteiger partial charge in [-0.1, -0.05) is 13.0 Å². The van der Waals surface area contributed by atoms with Crippen molar-refractivity contribution in [1.29, 1.82) is 0 Å². The van der Waals surface area contributed by atoms with E-state index in [2.05, 4.69) is 52.6 Å². The van der Waals surface area contributed by atoms with Crippen LogP contribution in [0.25, 0.3) is 0 Å². The summed E-state index contributed by atoms with van der Waals surface area (Å²) in [5.74, 6) is 0. The van der Waals surface area contributed by atoms with E-state index < -0.39 is 0 Å². The molecule has 0 aliphatic heterocycles. The number of nitrogens with one attached hydrogen (secondary N) is 1. The zero-order valence-electron chi connectivity index (χ0n) is 11.6. The van der Waals surface area contributed by atoms with Gasteiger partial charge in [0.1, 0.15) is 0 Å². The Morgan fingerprint density at radius 2 is 2.21 bits per heavy atom. The van der Waals surface area contributed by atoms with Crippen molar-refractivity contribution in [2.45, 2.75) is 26.9 Å². The van der Waals surface area contributed by atoms with Gasteiger partial charge in [-0.15, -0.1) is 11.3 Å². The molecule has 0 bridgehead atoms. The van der Waals surface area contributed by atoms with E-state index in [0.717, 1.165) is 26.2 Å². The van der Waals surface area contributed by atoms with Crippen molar-refractivity contribution < 1.29 is 0 Å². The Balaban J connectivity index is 2.17. The highest BCUT2D eigenvalue weighted by atomic mass is 32.1. The molecule has 0 amide bonds. The maximum atomic E-state index is 4.29. The SMILES string of the molecule is CCNCc1ccncc1N(CC)Cc1cccs1. The summed E-state index contributed by atoms with van der Waals surface area (Å²) < 4.78 is 0. The summed E-state index contributed by atoms with van der Waals surface area (Å²) in [5, 5.41) is 5.52. The predicted octanol–water partition coefficient (Wildman–Crippen LogP) is 3.28. The Labute approximate surface area is 119 Å². The van der Waals surface area contributed by atoms with E-state index in [1.807, 2.05) is 23.7 Å². The molecule has 19 heavy (non-hydrogen) atoms. The number of thiophene rings is 1. The quantitative estimate of drug-likeness (QED) is 0.840. The molecular weight excluding hydrogens is 254 g/mol. The van der Waals surface area contributed by atoms with Crippen LogP contribution in [0.2, 0.25) is 0 Å². The molecule has 0 saturated carbocycles. The third-order valence-corrected chi connectivity index (χ3v) is 3.96. The predicted molar refractivity (Wildman–Crippen MR) is 82.7 cm³/mol. The van der Waals surface area contributed by atoms with Gasteiger partial charge >= 0.3 is 0 Å². The molecule has 2 rings (SSSR count). The number of anilines is 1. The van der Waals surface area contributed by atoms with Crippen LogP contribution in [0.3, 0.4) is 0 Å². The maximum Gasteiger partial charge on any atom is 0.0601 e. The van der Waals surface area contributed by atoms with E-state index in [1.165, 1.54) is 16.1 Å². The highest BCUT2D eigenvalue weighted by Crippen LogP contribution is 2.22. The smallest absolute Gasteiger partial charge is 0.0601 e. The first-order chi connectivity index (χ1) is 9.35. The molecule has 2 aromatic heterocycles. The lowest BCUT2D eigenvalue weighted by Gasteiger charge is -2.24. The van der Waals surface area contributed by atoms with Gasteiger partial charge in [0.2, 0.25) is 0 Å². The van der Waals surface area contributed by atoms with Crippen molar-refractivity contribution in [3.8, 4) is 0 Å². The van der Waals surface area contributed by atoms with Gasteiger partial charge in [-0.3, -0.25) is 4.98 Å². The number of rotatable bonds is 7. The second-order valence-electron chi connectivity index (χ2n) is 4.38. The fourth-order valence-corrected chi connectivity index (χ4v) is 2.79. The highest BCUT2D eigenvalue weighted by Gasteiger charge is 2.10. The number of nitrogens with zero attached hydrogens (tertiary/aromatic N) is 2. The lowest BCUT2D eigenvalue weighted by Crippen LogP contribution is -2.24.